The summed E-state index contributed by atoms with van der Waals surface area (Å²) < 4.78 is 28.0. The molecule has 0 radical (unpaired) electrons. The van der Waals surface area contributed by atoms with Crippen molar-refractivity contribution in [2.24, 2.45) is 0 Å². The lowest BCUT2D eigenvalue weighted by molar-refractivity contribution is 0.240. The lowest BCUT2D eigenvalue weighted by Gasteiger charge is -2.34. The Kier molecular flexibility index (Phi) is 8.32. The van der Waals surface area contributed by atoms with E-state index in [2.05, 4.69) is 29.8 Å². The number of piperazine rings is 1. The maximum atomic E-state index is 13.1. The normalized spacial score (nSPS) is 14.0. The first-order chi connectivity index (χ1) is 17.0. The van der Waals surface area contributed by atoms with Crippen LogP contribution in [0.25, 0.3) is 0 Å². The molecule has 0 saturated carbocycles. The number of anilines is 2. The molecule has 2 amide bonds. The van der Waals surface area contributed by atoms with Gasteiger partial charge in [0.05, 0.1) is 14.2 Å². The number of carbonyl (C=O) groups is 1. The van der Waals surface area contributed by atoms with Gasteiger partial charge in [-0.15, -0.1) is 0 Å². The fourth-order valence-electron chi connectivity index (χ4n) is 3.78. The molecule has 2 heterocycles. The van der Waals surface area contributed by atoms with Crippen LogP contribution in [0.4, 0.5) is 20.0 Å². The molecule has 11 heteroatoms. The lowest BCUT2D eigenvalue weighted by Crippen LogP contribution is -2.48. The summed E-state index contributed by atoms with van der Waals surface area (Å²) in [6.07, 6.45) is 0.590. The topological polar surface area (TPSA) is 91.9 Å². The number of ether oxygens (including phenoxy) is 2. The maximum Gasteiger partial charge on any atom is 0.319 e. The van der Waals surface area contributed by atoms with Gasteiger partial charge in [-0.1, -0.05) is 12.1 Å². The Bertz CT molecular complexity index is 1100. The number of urea groups is 1. The molecule has 1 aliphatic heterocycles. The number of methoxy groups -OCH3 is 2. The highest BCUT2D eigenvalue weighted by atomic mass is 32.1. The third-order valence-electron chi connectivity index (χ3n) is 5.70. The fourth-order valence-corrected chi connectivity index (χ4v) is 4.51. The van der Waals surface area contributed by atoms with Gasteiger partial charge < -0.3 is 25.0 Å². The zero-order chi connectivity index (χ0) is 24.6. The number of halogens is 1. The molecule has 0 atom stereocenters. The summed E-state index contributed by atoms with van der Waals surface area (Å²) in [5.41, 5.74) is 1.59. The third kappa shape index (κ3) is 7.03. The molecule has 0 unspecified atom stereocenters. The second-order valence-corrected chi connectivity index (χ2v) is 8.84. The van der Waals surface area contributed by atoms with Gasteiger partial charge in [-0.25, -0.2) is 14.2 Å². The number of nitrogens with zero attached hydrogens (tertiary/aromatic N) is 4. The van der Waals surface area contributed by atoms with Crippen LogP contribution in [0, 0.1) is 5.82 Å². The largest absolute Gasteiger partial charge is 0.497 e. The minimum atomic E-state index is -0.276. The second-order valence-electron chi connectivity index (χ2n) is 8.11. The zero-order valence-corrected chi connectivity index (χ0v) is 20.6. The molecule has 2 aromatic carbocycles. The number of hydrogen-bond donors (Lipinski definition) is 2. The molecular weight excluding hydrogens is 471 g/mol. The minimum absolute atomic E-state index is 0.244. The molecule has 9 nitrogen and oxygen atoms in total. The predicted octanol–water partition coefficient (Wildman–Crippen LogP) is 3.23. The van der Waals surface area contributed by atoms with Crippen molar-refractivity contribution in [2.75, 3.05) is 63.7 Å². The van der Waals surface area contributed by atoms with Crippen LogP contribution in [0.3, 0.4) is 0 Å². The monoisotopic (exact) mass is 500 g/mol. The van der Waals surface area contributed by atoms with Crippen LogP contribution >= 0.6 is 11.5 Å². The molecule has 35 heavy (non-hydrogen) atoms. The Balaban J connectivity index is 1.18. The highest BCUT2D eigenvalue weighted by Crippen LogP contribution is 2.25. The molecule has 0 bridgehead atoms. The van der Waals surface area contributed by atoms with Crippen molar-refractivity contribution in [2.45, 2.75) is 6.42 Å². The number of hydrogen-bond acceptors (Lipinski definition) is 8. The molecule has 1 saturated heterocycles. The molecular formula is C24H29FN6O3S. The molecule has 3 aromatic rings. The fraction of sp³-hybridized carbons (Fsp3) is 0.375. The molecule has 186 valence electrons. The maximum absolute atomic E-state index is 13.1. The van der Waals surface area contributed by atoms with Crippen LogP contribution in [0.5, 0.6) is 11.5 Å². The first kappa shape index (κ1) is 24.7. The molecule has 4 rings (SSSR count). The van der Waals surface area contributed by atoms with E-state index in [9.17, 15) is 9.18 Å². The predicted molar refractivity (Wildman–Crippen MR) is 134 cm³/mol. The van der Waals surface area contributed by atoms with Crippen molar-refractivity contribution in [3.05, 3.63) is 59.7 Å². The Hall–Kier alpha value is -3.44. The Labute approximate surface area is 208 Å². The SMILES string of the molecule is COc1cc(NC(=O)NCCN2CCN(c3nc(Cc4ccc(F)cc4)ns3)CC2)cc(OC)c1. The zero-order valence-electron chi connectivity index (χ0n) is 19.8. The number of amides is 2. The molecule has 0 spiro atoms. The minimum Gasteiger partial charge on any atom is -0.497 e. The van der Waals surface area contributed by atoms with E-state index in [4.69, 9.17) is 9.47 Å². The standard InChI is InChI=1S/C24H29FN6O3S/c1-33-20-14-19(15-21(16-20)34-2)27-23(32)26-7-8-30-9-11-31(12-10-30)24-28-22(29-35-24)13-17-3-5-18(25)6-4-17/h3-6,14-16H,7-13H2,1-2H3,(H2,26,27,32). The van der Waals surface area contributed by atoms with Crippen LogP contribution in [0.1, 0.15) is 11.4 Å². The second kappa shape index (κ2) is 11.8. The van der Waals surface area contributed by atoms with E-state index in [0.29, 0.717) is 30.2 Å². The van der Waals surface area contributed by atoms with Gasteiger partial charge in [0, 0.05) is 81.1 Å². The van der Waals surface area contributed by atoms with Crippen LogP contribution < -0.4 is 25.0 Å². The average molecular weight is 501 g/mol. The van der Waals surface area contributed by atoms with E-state index in [1.54, 1.807) is 44.6 Å². The van der Waals surface area contributed by atoms with Crippen LogP contribution in [-0.2, 0) is 6.42 Å². The van der Waals surface area contributed by atoms with Gasteiger partial charge in [0.2, 0.25) is 5.13 Å². The quantitative estimate of drug-likeness (QED) is 0.466. The molecule has 2 N–H and O–H groups in total. The van der Waals surface area contributed by atoms with Crippen molar-refractivity contribution >= 4 is 28.4 Å². The lowest BCUT2D eigenvalue weighted by atomic mass is 10.1. The van der Waals surface area contributed by atoms with E-state index in [-0.39, 0.29) is 11.8 Å². The number of rotatable bonds is 9. The van der Waals surface area contributed by atoms with Crippen molar-refractivity contribution in [3.63, 3.8) is 0 Å². The number of benzene rings is 2. The Morgan fingerprint density at radius 3 is 2.40 bits per heavy atom. The van der Waals surface area contributed by atoms with Gasteiger partial charge in [0.15, 0.2) is 0 Å². The molecule has 1 aliphatic rings. The van der Waals surface area contributed by atoms with Gasteiger partial charge in [-0.3, -0.25) is 4.90 Å². The van der Waals surface area contributed by atoms with E-state index in [1.165, 1.54) is 23.7 Å². The highest BCUT2D eigenvalue weighted by Gasteiger charge is 2.20. The van der Waals surface area contributed by atoms with Crippen molar-refractivity contribution < 1.29 is 18.7 Å². The Morgan fingerprint density at radius 1 is 1.06 bits per heavy atom. The summed E-state index contributed by atoms with van der Waals surface area (Å²) in [7, 11) is 3.13. The number of carbonyl (C=O) groups excluding carboxylic acids is 1. The summed E-state index contributed by atoms with van der Waals surface area (Å²) in [4.78, 5) is 21.5. The van der Waals surface area contributed by atoms with Gasteiger partial charge in [0.1, 0.15) is 23.1 Å². The van der Waals surface area contributed by atoms with E-state index in [0.717, 1.165) is 49.2 Å². The summed E-state index contributed by atoms with van der Waals surface area (Å²) in [6.45, 7) is 4.75. The first-order valence-electron chi connectivity index (χ1n) is 11.3. The summed E-state index contributed by atoms with van der Waals surface area (Å²) in [5, 5.41) is 6.62. The summed E-state index contributed by atoms with van der Waals surface area (Å²) in [6, 6.07) is 11.4. The number of aromatic nitrogens is 2. The average Bonchev–Trinajstić information content (AvgIpc) is 3.34. The van der Waals surface area contributed by atoms with Crippen LogP contribution in [-0.4, -0.2) is 73.8 Å². The molecule has 1 aromatic heterocycles. The molecule has 1 fully saturated rings. The smallest absolute Gasteiger partial charge is 0.319 e. The summed E-state index contributed by atoms with van der Waals surface area (Å²) in [5.74, 6) is 1.72. The highest BCUT2D eigenvalue weighted by molar-refractivity contribution is 7.09. The van der Waals surface area contributed by atoms with E-state index >= 15 is 0 Å². The van der Waals surface area contributed by atoms with Gasteiger partial charge >= 0.3 is 6.03 Å². The van der Waals surface area contributed by atoms with Gasteiger partial charge in [-0.05, 0) is 17.7 Å². The van der Waals surface area contributed by atoms with E-state index in [1.807, 2.05) is 0 Å². The van der Waals surface area contributed by atoms with E-state index < -0.39 is 0 Å². The third-order valence-corrected chi connectivity index (χ3v) is 6.51. The number of nitrogens with one attached hydrogen (secondary N) is 2. The van der Waals surface area contributed by atoms with Crippen molar-refractivity contribution in [1.82, 2.24) is 19.6 Å². The Morgan fingerprint density at radius 2 is 1.74 bits per heavy atom. The van der Waals surface area contributed by atoms with Crippen LogP contribution in [0.2, 0.25) is 0 Å². The van der Waals surface area contributed by atoms with Gasteiger partial charge in [-0.2, -0.15) is 4.37 Å². The van der Waals surface area contributed by atoms with Gasteiger partial charge in [0.25, 0.3) is 0 Å². The van der Waals surface area contributed by atoms with Crippen molar-refractivity contribution in [1.29, 1.82) is 0 Å². The van der Waals surface area contributed by atoms with Crippen molar-refractivity contribution in [3.8, 4) is 11.5 Å². The van der Waals surface area contributed by atoms with Crippen LogP contribution in [0.15, 0.2) is 42.5 Å². The first-order valence-corrected chi connectivity index (χ1v) is 12.1. The molecule has 0 aliphatic carbocycles. The summed E-state index contributed by atoms with van der Waals surface area (Å²) >= 11 is 1.40.